The van der Waals surface area contributed by atoms with Crippen LogP contribution >= 0.6 is 0 Å². The largest absolute Gasteiger partial charge is 0.444 e. The molecule has 2 rings (SSSR count). The molecular weight excluding hydrogens is 238 g/mol. The molecule has 1 aliphatic heterocycles. The van der Waals surface area contributed by atoms with E-state index >= 15 is 0 Å². The molecule has 0 N–H and O–H groups in total. The van der Waals surface area contributed by atoms with Gasteiger partial charge >= 0.3 is 6.09 Å². The maximum absolute atomic E-state index is 12.3. The number of benzene rings is 1. The third-order valence-corrected chi connectivity index (χ3v) is 3.31. The maximum atomic E-state index is 12.3. The van der Waals surface area contributed by atoms with E-state index in [4.69, 9.17) is 4.74 Å². The summed E-state index contributed by atoms with van der Waals surface area (Å²) in [6, 6.07) is 8.38. The number of rotatable bonds is 1. The number of carbonyl (C=O) groups is 1. The highest BCUT2D eigenvalue weighted by Crippen LogP contribution is 2.39. The van der Waals surface area contributed by atoms with Crippen LogP contribution < -0.4 is 0 Å². The number of hydrogen-bond donors (Lipinski definition) is 0. The second kappa shape index (κ2) is 4.87. The zero-order chi connectivity index (χ0) is 14.2. The number of hydrogen-bond acceptors (Lipinski definition) is 2. The van der Waals surface area contributed by atoms with E-state index in [2.05, 4.69) is 26.0 Å². The van der Waals surface area contributed by atoms with Gasteiger partial charge < -0.3 is 4.74 Å². The van der Waals surface area contributed by atoms with Gasteiger partial charge in [0.05, 0.1) is 6.04 Å². The van der Waals surface area contributed by atoms with E-state index < -0.39 is 5.60 Å². The minimum absolute atomic E-state index is 0.117. The molecule has 1 amide bonds. The highest BCUT2D eigenvalue weighted by atomic mass is 16.6. The minimum Gasteiger partial charge on any atom is -0.444 e. The molecule has 0 saturated heterocycles. The van der Waals surface area contributed by atoms with E-state index in [0.717, 1.165) is 0 Å². The maximum Gasteiger partial charge on any atom is 0.411 e. The topological polar surface area (TPSA) is 29.5 Å². The molecule has 1 heterocycles. The van der Waals surface area contributed by atoms with Crippen LogP contribution in [0, 0.1) is 5.92 Å². The fourth-order valence-electron chi connectivity index (χ4n) is 2.63. The summed E-state index contributed by atoms with van der Waals surface area (Å²) in [5.74, 6) is 0.371. The average molecular weight is 261 g/mol. The van der Waals surface area contributed by atoms with Crippen LogP contribution in [0.3, 0.4) is 0 Å². The molecule has 0 spiro atoms. The van der Waals surface area contributed by atoms with Crippen molar-refractivity contribution in [2.45, 2.75) is 52.8 Å². The molecule has 3 nitrogen and oxygen atoms in total. The summed E-state index contributed by atoms with van der Waals surface area (Å²) in [7, 11) is 0. The van der Waals surface area contributed by atoms with Crippen molar-refractivity contribution in [1.29, 1.82) is 0 Å². The molecule has 1 aliphatic rings. The lowest BCUT2D eigenvalue weighted by Crippen LogP contribution is -2.37. The summed E-state index contributed by atoms with van der Waals surface area (Å²) >= 11 is 0. The number of nitrogens with zero attached hydrogens (tertiary/aromatic N) is 1. The first kappa shape index (κ1) is 13.9. The molecule has 0 fully saturated rings. The fourth-order valence-corrected chi connectivity index (χ4v) is 2.63. The van der Waals surface area contributed by atoms with Crippen molar-refractivity contribution >= 4 is 6.09 Å². The van der Waals surface area contributed by atoms with Crippen LogP contribution in [-0.4, -0.2) is 16.6 Å². The Morgan fingerprint density at radius 3 is 2.53 bits per heavy atom. The molecule has 1 atom stereocenters. The third-order valence-electron chi connectivity index (χ3n) is 3.31. The predicted molar refractivity (Wildman–Crippen MR) is 75.8 cm³/mol. The Kier molecular flexibility index (Phi) is 3.57. The third kappa shape index (κ3) is 2.91. The van der Waals surface area contributed by atoms with Crippen molar-refractivity contribution in [2.24, 2.45) is 5.92 Å². The molecule has 0 radical (unpaired) electrons. The quantitative estimate of drug-likeness (QED) is 0.760. The number of fused-ring (bicyclic) bond motifs is 1. The molecule has 1 aromatic carbocycles. The Labute approximate surface area is 115 Å². The molecule has 1 unspecified atom stereocenters. The van der Waals surface area contributed by atoms with Gasteiger partial charge in [-0.05, 0) is 37.8 Å². The van der Waals surface area contributed by atoms with E-state index in [1.807, 2.05) is 37.8 Å². The SMILES string of the molecule is CC(C)C1c2ccccc2CN1C(=O)OC(C)(C)C. The zero-order valence-electron chi connectivity index (χ0n) is 12.4. The van der Waals surface area contributed by atoms with Gasteiger partial charge in [0.25, 0.3) is 0 Å². The van der Waals surface area contributed by atoms with Crippen LogP contribution in [0.4, 0.5) is 4.79 Å². The van der Waals surface area contributed by atoms with Crippen molar-refractivity contribution in [1.82, 2.24) is 4.90 Å². The van der Waals surface area contributed by atoms with Gasteiger partial charge in [-0.1, -0.05) is 38.1 Å². The molecule has 3 heteroatoms. The van der Waals surface area contributed by atoms with Gasteiger partial charge in [0.2, 0.25) is 0 Å². The average Bonchev–Trinajstić information content (AvgIpc) is 2.65. The van der Waals surface area contributed by atoms with Crippen molar-refractivity contribution in [3.63, 3.8) is 0 Å². The van der Waals surface area contributed by atoms with E-state index in [1.54, 1.807) is 0 Å². The smallest absolute Gasteiger partial charge is 0.411 e. The molecular formula is C16H23NO2. The lowest BCUT2D eigenvalue weighted by molar-refractivity contribution is 0.0127. The second-order valence-corrected chi connectivity index (χ2v) is 6.50. The van der Waals surface area contributed by atoms with Crippen molar-refractivity contribution < 1.29 is 9.53 Å². The van der Waals surface area contributed by atoms with Gasteiger partial charge in [-0.3, -0.25) is 4.90 Å². The summed E-state index contributed by atoms with van der Waals surface area (Å²) in [6.45, 7) is 10.6. The summed E-state index contributed by atoms with van der Waals surface area (Å²) in [4.78, 5) is 14.2. The second-order valence-electron chi connectivity index (χ2n) is 6.50. The number of amides is 1. The Balaban J connectivity index is 2.26. The minimum atomic E-state index is -0.451. The molecule has 19 heavy (non-hydrogen) atoms. The lowest BCUT2D eigenvalue weighted by atomic mass is 9.96. The van der Waals surface area contributed by atoms with Gasteiger partial charge in [0.15, 0.2) is 0 Å². The monoisotopic (exact) mass is 261 g/mol. The highest BCUT2D eigenvalue weighted by molar-refractivity contribution is 5.70. The van der Waals surface area contributed by atoms with Crippen LogP contribution in [0.1, 0.15) is 51.8 Å². The van der Waals surface area contributed by atoms with E-state index in [1.165, 1.54) is 11.1 Å². The molecule has 1 aromatic rings. The van der Waals surface area contributed by atoms with Gasteiger partial charge in [0, 0.05) is 6.54 Å². The standard InChI is InChI=1S/C16H23NO2/c1-11(2)14-13-9-7-6-8-12(13)10-17(14)15(18)19-16(3,4)5/h6-9,11,14H,10H2,1-5H3. The zero-order valence-corrected chi connectivity index (χ0v) is 12.4. The Morgan fingerprint density at radius 1 is 1.32 bits per heavy atom. The normalized spacial score (nSPS) is 18.6. The predicted octanol–water partition coefficient (Wildman–Crippen LogP) is 4.13. The fraction of sp³-hybridized carbons (Fsp3) is 0.562. The van der Waals surface area contributed by atoms with Gasteiger partial charge in [-0.2, -0.15) is 0 Å². The number of carbonyl (C=O) groups excluding carboxylic acids is 1. The number of ether oxygens (including phenoxy) is 1. The van der Waals surface area contributed by atoms with E-state index in [-0.39, 0.29) is 12.1 Å². The van der Waals surface area contributed by atoms with Crippen molar-refractivity contribution in [3.05, 3.63) is 35.4 Å². The van der Waals surface area contributed by atoms with Crippen LogP contribution in [0.2, 0.25) is 0 Å². The first-order chi connectivity index (χ1) is 8.79. The van der Waals surface area contributed by atoms with Gasteiger partial charge in [-0.15, -0.1) is 0 Å². The first-order valence-corrected chi connectivity index (χ1v) is 6.87. The Hall–Kier alpha value is -1.51. The van der Waals surface area contributed by atoms with E-state index in [9.17, 15) is 4.79 Å². The van der Waals surface area contributed by atoms with Crippen molar-refractivity contribution in [3.8, 4) is 0 Å². The molecule has 0 bridgehead atoms. The molecule has 0 aliphatic carbocycles. The molecule has 0 saturated carbocycles. The van der Waals surface area contributed by atoms with E-state index in [0.29, 0.717) is 12.5 Å². The van der Waals surface area contributed by atoms with Crippen LogP contribution in [0.15, 0.2) is 24.3 Å². The summed E-state index contributed by atoms with van der Waals surface area (Å²) in [5.41, 5.74) is 2.03. The van der Waals surface area contributed by atoms with Gasteiger partial charge in [-0.25, -0.2) is 4.79 Å². The summed E-state index contributed by atoms with van der Waals surface area (Å²) in [5, 5.41) is 0. The lowest BCUT2D eigenvalue weighted by Gasteiger charge is -2.30. The summed E-state index contributed by atoms with van der Waals surface area (Å²) < 4.78 is 5.52. The van der Waals surface area contributed by atoms with Crippen LogP contribution in [0.25, 0.3) is 0 Å². The Bertz CT molecular complexity index is 474. The first-order valence-electron chi connectivity index (χ1n) is 6.87. The summed E-state index contributed by atoms with van der Waals surface area (Å²) in [6.07, 6.45) is -0.220. The van der Waals surface area contributed by atoms with Crippen molar-refractivity contribution in [2.75, 3.05) is 0 Å². The Morgan fingerprint density at radius 2 is 1.95 bits per heavy atom. The van der Waals surface area contributed by atoms with Gasteiger partial charge in [0.1, 0.15) is 5.60 Å². The molecule has 104 valence electrons. The molecule has 0 aromatic heterocycles. The van der Waals surface area contributed by atoms with Crippen LogP contribution in [0.5, 0.6) is 0 Å². The highest BCUT2D eigenvalue weighted by Gasteiger charge is 2.37. The van der Waals surface area contributed by atoms with Crippen LogP contribution in [-0.2, 0) is 11.3 Å².